The van der Waals surface area contributed by atoms with E-state index in [1.54, 1.807) is 18.7 Å². The molecular formula is C11H20N2O4. The van der Waals surface area contributed by atoms with Crippen molar-refractivity contribution in [3.05, 3.63) is 0 Å². The monoisotopic (exact) mass is 244 g/mol. The normalized spacial score (nSPS) is 17.3. The number of carboxylic acid groups (broad SMARTS) is 1. The van der Waals surface area contributed by atoms with Crippen LogP contribution >= 0.6 is 0 Å². The number of aliphatic hydroxyl groups excluding tert-OH is 1. The maximum atomic E-state index is 12.1. The van der Waals surface area contributed by atoms with Gasteiger partial charge >= 0.3 is 12.0 Å². The summed E-state index contributed by atoms with van der Waals surface area (Å²) in [5, 5.41) is 18.1. The van der Waals surface area contributed by atoms with E-state index < -0.39 is 5.97 Å². The van der Waals surface area contributed by atoms with Crippen molar-refractivity contribution in [2.24, 2.45) is 0 Å². The maximum Gasteiger partial charge on any atom is 0.323 e. The third-order valence-corrected chi connectivity index (χ3v) is 2.91. The highest BCUT2D eigenvalue weighted by atomic mass is 16.4. The predicted octanol–water partition coefficient (Wildman–Crippen LogP) is 0.358. The number of nitrogens with zero attached hydrogens (tertiary/aromatic N) is 2. The molecule has 6 heteroatoms. The Hall–Kier alpha value is -1.30. The first-order valence-electron chi connectivity index (χ1n) is 5.87. The molecule has 6 nitrogen and oxygen atoms in total. The number of aliphatic carboxylic acids is 1. The van der Waals surface area contributed by atoms with Crippen molar-refractivity contribution in [2.45, 2.75) is 38.8 Å². The number of hydrogen-bond acceptors (Lipinski definition) is 3. The molecule has 0 aromatic carbocycles. The minimum atomic E-state index is -1.01. The molecule has 1 heterocycles. The third kappa shape index (κ3) is 3.89. The molecule has 0 bridgehead atoms. The minimum Gasteiger partial charge on any atom is -0.480 e. The van der Waals surface area contributed by atoms with E-state index in [1.165, 1.54) is 4.90 Å². The van der Waals surface area contributed by atoms with E-state index in [-0.39, 0.29) is 24.7 Å². The summed E-state index contributed by atoms with van der Waals surface area (Å²) < 4.78 is 0. The first-order valence-corrected chi connectivity index (χ1v) is 5.87. The van der Waals surface area contributed by atoms with Crippen molar-refractivity contribution < 1.29 is 19.8 Å². The van der Waals surface area contributed by atoms with Crippen LogP contribution in [0.3, 0.4) is 0 Å². The predicted molar refractivity (Wildman–Crippen MR) is 61.7 cm³/mol. The second-order valence-corrected chi connectivity index (χ2v) is 4.62. The van der Waals surface area contributed by atoms with Gasteiger partial charge in [0.05, 0.1) is 6.10 Å². The van der Waals surface area contributed by atoms with E-state index >= 15 is 0 Å². The van der Waals surface area contributed by atoms with Gasteiger partial charge in [0.1, 0.15) is 6.54 Å². The zero-order valence-corrected chi connectivity index (χ0v) is 10.3. The summed E-state index contributed by atoms with van der Waals surface area (Å²) in [7, 11) is 0. The van der Waals surface area contributed by atoms with E-state index in [1.807, 2.05) is 0 Å². The summed E-state index contributed by atoms with van der Waals surface area (Å²) in [6.45, 7) is 4.28. The summed E-state index contributed by atoms with van der Waals surface area (Å²) in [4.78, 5) is 25.7. The molecule has 0 aromatic rings. The lowest BCUT2D eigenvalue weighted by Crippen LogP contribution is -2.51. The number of carbonyl (C=O) groups is 2. The number of urea groups is 1. The smallest absolute Gasteiger partial charge is 0.323 e. The first kappa shape index (κ1) is 13.8. The molecule has 0 aromatic heterocycles. The molecule has 1 aliphatic rings. The van der Waals surface area contributed by atoms with Crippen molar-refractivity contribution in [1.82, 2.24) is 9.80 Å². The van der Waals surface area contributed by atoms with Gasteiger partial charge in [-0.3, -0.25) is 4.79 Å². The lowest BCUT2D eigenvalue weighted by molar-refractivity contribution is -0.138. The Morgan fingerprint density at radius 3 is 2.29 bits per heavy atom. The highest BCUT2D eigenvalue weighted by molar-refractivity contribution is 5.80. The van der Waals surface area contributed by atoms with Crippen LogP contribution in [0.25, 0.3) is 0 Å². The molecule has 0 saturated carbocycles. The van der Waals surface area contributed by atoms with Crippen molar-refractivity contribution in [1.29, 1.82) is 0 Å². The van der Waals surface area contributed by atoms with Gasteiger partial charge in [0.2, 0.25) is 0 Å². The number of aliphatic hydroxyl groups is 1. The van der Waals surface area contributed by atoms with Crippen LogP contribution < -0.4 is 0 Å². The average Bonchev–Trinajstić information content (AvgIpc) is 2.25. The standard InChI is InChI=1S/C11H20N2O4/c1-8(2)13(7-10(15)16)11(17)12-5-3-9(14)4-6-12/h8-9,14H,3-7H2,1-2H3,(H,15,16). The summed E-state index contributed by atoms with van der Waals surface area (Å²) >= 11 is 0. The van der Waals surface area contributed by atoms with E-state index in [2.05, 4.69) is 0 Å². The number of hydrogen-bond donors (Lipinski definition) is 2. The third-order valence-electron chi connectivity index (χ3n) is 2.91. The molecular weight excluding hydrogens is 224 g/mol. The molecule has 98 valence electrons. The van der Waals surface area contributed by atoms with Crippen LogP contribution in [0.1, 0.15) is 26.7 Å². The SMILES string of the molecule is CC(C)N(CC(=O)O)C(=O)N1CCC(O)CC1. The Morgan fingerprint density at radius 2 is 1.88 bits per heavy atom. The van der Waals surface area contributed by atoms with E-state index in [0.29, 0.717) is 25.9 Å². The zero-order chi connectivity index (χ0) is 13.0. The number of likely N-dealkylation sites (tertiary alicyclic amines) is 1. The fraction of sp³-hybridized carbons (Fsp3) is 0.818. The molecule has 1 aliphatic heterocycles. The molecule has 1 saturated heterocycles. The molecule has 0 unspecified atom stereocenters. The van der Waals surface area contributed by atoms with Crippen LogP contribution in [0.15, 0.2) is 0 Å². The number of carbonyl (C=O) groups excluding carboxylic acids is 1. The number of rotatable bonds is 3. The molecule has 1 fully saturated rings. The Kier molecular flexibility index (Phi) is 4.74. The van der Waals surface area contributed by atoms with Gasteiger partial charge < -0.3 is 20.0 Å². The van der Waals surface area contributed by atoms with Gasteiger partial charge in [-0.05, 0) is 26.7 Å². The molecule has 2 N–H and O–H groups in total. The van der Waals surface area contributed by atoms with Gasteiger partial charge in [0.25, 0.3) is 0 Å². The van der Waals surface area contributed by atoms with Crippen molar-refractivity contribution in [2.75, 3.05) is 19.6 Å². The van der Waals surface area contributed by atoms with Crippen molar-refractivity contribution >= 4 is 12.0 Å². The fourth-order valence-corrected chi connectivity index (χ4v) is 1.86. The molecule has 2 amide bonds. The topological polar surface area (TPSA) is 81.1 Å². The zero-order valence-electron chi connectivity index (χ0n) is 10.3. The Balaban J connectivity index is 2.61. The van der Waals surface area contributed by atoms with Crippen LogP contribution in [0, 0.1) is 0 Å². The quantitative estimate of drug-likeness (QED) is 0.751. The molecule has 0 atom stereocenters. The Bertz CT molecular complexity index is 285. The second-order valence-electron chi connectivity index (χ2n) is 4.62. The average molecular weight is 244 g/mol. The first-order chi connectivity index (χ1) is 7.91. The Morgan fingerprint density at radius 1 is 1.35 bits per heavy atom. The Labute approximate surface area is 101 Å². The highest BCUT2D eigenvalue weighted by Crippen LogP contribution is 2.13. The van der Waals surface area contributed by atoms with Crippen molar-refractivity contribution in [3.63, 3.8) is 0 Å². The van der Waals surface area contributed by atoms with Gasteiger partial charge in [-0.1, -0.05) is 0 Å². The van der Waals surface area contributed by atoms with Gasteiger partial charge in [-0.15, -0.1) is 0 Å². The maximum absolute atomic E-state index is 12.1. The fourth-order valence-electron chi connectivity index (χ4n) is 1.86. The van der Waals surface area contributed by atoms with E-state index in [0.717, 1.165) is 0 Å². The second kappa shape index (κ2) is 5.86. The summed E-state index contributed by atoms with van der Waals surface area (Å²) in [6.07, 6.45) is 0.779. The van der Waals surface area contributed by atoms with Crippen LogP contribution in [0.5, 0.6) is 0 Å². The highest BCUT2D eigenvalue weighted by Gasteiger charge is 2.27. The van der Waals surface area contributed by atoms with Gasteiger partial charge in [0.15, 0.2) is 0 Å². The summed E-state index contributed by atoms with van der Waals surface area (Å²) in [5.41, 5.74) is 0. The van der Waals surface area contributed by atoms with Gasteiger partial charge in [-0.2, -0.15) is 0 Å². The molecule has 17 heavy (non-hydrogen) atoms. The summed E-state index contributed by atoms with van der Waals surface area (Å²) in [5.74, 6) is -1.01. The lowest BCUT2D eigenvalue weighted by Gasteiger charge is -2.35. The van der Waals surface area contributed by atoms with E-state index in [9.17, 15) is 14.7 Å². The summed E-state index contributed by atoms with van der Waals surface area (Å²) in [6, 6.07) is -0.403. The molecule has 1 rings (SSSR count). The lowest BCUT2D eigenvalue weighted by atomic mass is 10.1. The van der Waals surface area contributed by atoms with Crippen LogP contribution in [-0.2, 0) is 4.79 Å². The minimum absolute atomic E-state index is 0.148. The van der Waals surface area contributed by atoms with Crippen LogP contribution in [0.4, 0.5) is 4.79 Å². The van der Waals surface area contributed by atoms with Crippen LogP contribution in [0.2, 0.25) is 0 Å². The number of carboxylic acids is 1. The van der Waals surface area contributed by atoms with Crippen molar-refractivity contribution in [3.8, 4) is 0 Å². The van der Waals surface area contributed by atoms with Gasteiger partial charge in [0, 0.05) is 19.1 Å². The van der Waals surface area contributed by atoms with E-state index in [4.69, 9.17) is 5.11 Å². The van der Waals surface area contributed by atoms with Crippen LogP contribution in [-0.4, -0.2) is 63.8 Å². The number of amides is 2. The molecule has 0 spiro atoms. The van der Waals surface area contributed by atoms with Gasteiger partial charge in [-0.25, -0.2) is 4.79 Å². The largest absolute Gasteiger partial charge is 0.480 e. The molecule has 0 radical (unpaired) electrons. The molecule has 0 aliphatic carbocycles. The number of piperidine rings is 1.